The number of hydrogen-bond acceptors (Lipinski definition) is 4. The molecule has 0 bridgehead atoms. The third kappa shape index (κ3) is 7.19. The molecular weight excluding hydrogens is 476 g/mol. The van der Waals surface area contributed by atoms with Gasteiger partial charge in [-0.1, -0.05) is 36.3 Å². The van der Waals surface area contributed by atoms with Crippen LogP contribution in [0.4, 0.5) is 5.69 Å². The number of carbonyl (C=O) groups is 1. The van der Waals surface area contributed by atoms with Crippen LogP contribution in [0.2, 0.25) is 0 Å². The Balaban J connectivity index is 1.40. The normalized spacial score (nSPS) is 11.4. The monoisotopic (exact) mass is 500 g/mol. The number of pyridine rings is 1. The average Bonchev–Trinajstić information content (AvgIpc) is 3.34. The Labute approximate surface area is 209 Å². The molecule has 0 spiro atoms. The van der Waals surface area contributed by atoms with Crippen LogP contribution in [-0.4, -0.2) is 36.5 Å². The van der Waals surface area contributed by atoms with Gasteiger partial charge in [0.15, 0.2) is 0 Å². The summed E-state index contributed by atoms with van der Waals surface area (Å²) in [6.07, 6.45) is 4.50. The molecule has 4 aromatic rings. The number of hydrogen-bond donors (Lipinski definition) is 4. The van der Waals surface area contributed by atoms with E-state index in [2.05, 4.69) is 42.2 Å². The van der Waals surface area contributed by atoms with Crippen molar-refractivity contribution in [1.82, 2.24) is 20.6 Å². The maximum absolute atomic E-state index is 12.2. The molecule has 36 heavy (non-hydrogen) atoms. The van der Waals surface area contributed by atoms with Crippen LogP contribution in [0.1, 0.15) is 16.7 Å². The summed E-state index contributed by atoms with van der Waals surface area (Å²) in [7, 11) is -3.64. The smallest absolute Gasteiger partial charge is 0.300 e. The second kappa shape index (κ2) is 11.2. The van der Waals surface area contributed by atoms with Crippen LogP contribution in [0.5, 0.6) is 0 Å². The minimum Gasteiger partial charge on any atom is -0.351 e. The van der Waals surface area contributed by atoms with Crippen molar-refractivity contribution in [2.45, 2.75) is 13.1 Å². The van der Waals surface area contributed by atoms with Crippen molar-refractivity contribution in [3.8, 4) is 11.8 Å². The van der Waals surface area contributed by atoms with Gasteiger partial charge in [-0.15, -0.1) is 4.40 Å². The zero-order valence-corrected chi connectivity index (χ0v) is 20.3. The van der Waals surface area contributed by atoms with Crippen LogP contribution in [0.3, 0.4) is 0 Å². The number of anilines is 1. The van der Waals surface area contributed by atoms with Gasteiger partial charge in [0.25, 0.3) is 10.0 Å². The Morgan fingerprint density at radius 3 is 2.64 bits per heavy atom. The summed E-state index contributed by atoms with van der Waals surface area (Å²) < 4.78 is 27.4. The lowest BCUT2D eigenvalue weighted by Gasteiger charge is -2.13. The molecule has 0 aliphatic heterocycles. The molecule has 0 unspecified atom stereocenters. The van der Waals surface area contributed by atoms with Gasteiger partial charge in [-0.2, -0.15) is 0 Å². The molecule has 2 heterocycles. The molecule has 4 N–H and O–H groups in total. The van der Waals surface area contributed by atoms with Crippen molar-refractivity contribution in [3.05, 3.63) is 95.8 Å². The van der Waals surface area contributed by atoms with Crippen molar-refractivity contribution in [2.24, 2.45) is 4.40 Å². The molecule has 0 aliphatic carbocycles. The maximum atomic E-state index is 12.2. The molecule has 0 saturated carbocycles. The highest BCUT2D eigenvalue weighted by Crippen LogP contribution is 2.15. The summed E-state index contributed by atoms with van der Waals surface area (Å²) in [6.45, 7) is 0.616. The van der Waals surface area contributed by atoms with E-state index >= 15 is 0 Å². The highest BCUT2D eigenvalue weighted by molar-refractivity contribution is 7.89. The van der Waals surface area contributed by atoms with Gasteiger partial charge in [-0.25, -0.2) is 13.4 Å². The van der Waals surface area contributed by atoms with E-state index in [1.165, 1.54) is 0 Å². The van der Waals surface area contributed by atoms with E-state index < -0.39 is 15.9 Å². The number of rotatable bonds is 6. The second-order valence-corrected chi connectivity index (χ2v) is 9.51. The van der Waals surface area contributed by atoms with Gasteiger partial charge in [0.2, 0.25) is 5.96 Å². The summed E-state index contributed by atoms with van der Waals surface area (Å²) >= 11 is 0. The van der Waals surface area contributed by atoms with Crippen LogP contribution in [0.25, 0.3) is 11.0 Å². The fraction of sp³-hybridized carbons (Fsp3) is 0.115. The minimum atomic E-state index is -3.64. The van der Waals surface area contributed by atoms with Gasteiger partial charge in [0, 0.05) is 48.0 Å². The SMILES string of the molecule is CS(=O)(=O)/N=C(\NCc1cccc(NC(=O)C#Cc2ccccc2)c1)NCc1ccnc2[nH]ccc12. The second-order valence-electron chi connectivity index (χ2n) is 7.86. The predicted octanol–water partition coefficient (Wildman–Crippen LogP) is 2.75. The van der Waals surface area contributed by atoms with Crippen LogP contribution in [0.15, 0.2) is 83.5 Å². The molecule has 4 rings (SSSR count). The number of nitrogens with zero attached hydrogens (tertiary/aromatic N) is 2. The van der Waals surface area contributed by atoms with Gasteiger partial charge < -0.3 is 20.9 Å². The highest BCUT2D eigenvalue weighted by atomic mass is 32.2. The standard InChI is InChI=1S/C26H24N6O3S/c1-36(34,35)32-26(30-18-21-12-14-27-25-23(21)13-15-28-25)29-17-20-8-5-9-22(16-20)31-24(33)11-10-19-6-3-2-4-7-19/h2-9,12-16H,17-18H2,1H3,(H,27,28)(H,31,33)(H2,29,30,32). The number of fused-ring (bicyclic) bond motifs is 1. The number of amides is 1. The van der Waals surface area contributed by atoms with Gasteiger partial charge >= 0.3 is 5.91 Å². The number of carbonyl (C=O) groups excluding carboxylic acids is 1. The lowest BCUT2D eigenvalue weighted by atomic mass is 10.2. The number of sulfonamides is 1. The number of aromatic nitrogens is 2. The number of nitrogens with one attached hydrogen (secondary N) is 4. The summed E-state index contributed by atoms with van der Waals surface area (Å²) in [4.78, 5) is 19.5. The molecule has 0 saturated heterocycles. The van der Waals surface area contributed by atoms with Crippen LogP contribution >= 0.6 is 0 Å². The third-order valence-corrected chi connectivity index (χ3v) is 5.51. The lowest BCUT2D eigenvalue weighted by molar-refractivity contribution is -0.111. The van der Waals surface area contributed by atoms with Crippen molar-refractivity contribution in [1.29, 1.82) is 0 Å². The lowest BCUT2D eigenvalue weighted by Crippen LogP contribution is -2.37. The fourth-order valence-corrected chi connectivity index (χ4v) is 3.86. The zero-order chi connectivity index (χ0) is 25.4. The molecular formula is C26H24N6O3S. The summed E-state index contributed by atoms with van der Waals surface area (Å²) in [5.74, 6) is 5.06. The molecule has 0 radical (unpaired) electrons. The average molecular weight is 501 g/mol. The highest BCUT2D eigenvalue weighted by Gasteiger charge is 2.08. The summed E-state index contributed by atoms with van der Waals surface area (Å²) in [5.41, 5.74) is 3.81. The Kier molecular flexibility index (Phi) is 7.63. The van der Waals surface area contributed by atoms with E-state index in [-0.39, 0.29) is 12.5 Å². The van der Waals surface area contributed by atoms with E-state index in [4.69, 9.17) is 0 Å². The molecule has 9 nitrogen and oxygen atoms in total. The van der Waals surface area contributed by atoms with Crippen LogP contribution in [-0.2, 0) is 27.9 Å². The first kappa shape index (κ1) is 24.5. The van der Waals surface area contributed by atoms with Crippen molar-refractivity contribution < 1.29 is 13.2 Å². The Bertz CT molecular complexity index is 1570. The number of H-pyrrole nitrogens is 1. The summed E-state index contributed by atoms with van der Waals surface area (Å²) in [6, 6.07) is 20.2. The topological polar surface area (TPSA) is 128 Å². The largest absolute Gasteiger partial charge is 0.351 e. The third-order valence-electron chi connectivity index (χ3n) is 4.99. The van der Waals surface area contributed by atoms with E-state index in [0.717, 1.165) is 34.0 Å². The molecule has 10 heteroatoms. The molecule has 2 aromatic heterocycles. The first-order valence-corrected chi connectivity index (χ1v) is 12.9. The van der Waals surface area contributed by atoms with Crippen LogP contribution in [0, 0.1) is 11.8 Å². The van der Waals surface area contributed by atoms with Gasteiger partial charge in [-0.05, 0) is 47.5 Å². The predicted molar refractivity (Wildman–Crippen MR) is 140 cm³/mol. The zero-order valence-electron chi connectivity index (χ0n) is 19.4. The van der Waals surface area contributed by atoms with Gasteiger partial charge in [-0.3, -0.25) is 4.79 Å². The molecule has 0 fully saturated rings. The molecule has 1 amide bonds. The van der Waals surface area contributed by atoms with Crippen molar-refractivity contribution in [2.75, 3.05) is 11.6 Å². The number of aromatic amines is 1. The van der Waals surface area contributed by atoms with Gasteiger partial charge in [0.05, 0.1) is 6.26 Å². The minimum absolute atomic E-state index is 0.112. The first-order chi connectivity index (χ1) is 17.4. The quantitative estimate of drug-likeness (QED) is 0.183. The van der Waals surface area contributed by atoms with E-state index in [9.17, 15) is 13.2 Å². The van der Waals surface area contributed by atoms with Crippen molar-refractivity contribution in [3.63, 3.8) is 0 Å². The Hall–Kier alpha value is -4.62. The van der Waals surface area contributed by atoms with E-state index in [0.29, 0.717) is 12.2 Å². The molecule has 2 aromatic carbocycles. The van der Waals surface area contributed by atoms with Crippen LogP contribution < -0.4 is 16.0 Å². The first-order valence-electron chi connectivity index (χ1n) is 11.0. The number of benzene rings is 2. The molecule has 0 aliphatic rings. The van der Waals surface area contributed by atoms with Gasteiger partial charge in [0.1, 0.15) is 5.65 Å². The fourth-order valence-electron chi connectivity index (χ4n) is 3.40. The Morgan fingerprint density at radius 1 is 1.03 bits per heavy atom. The molecule has 182 valence electrons. The van der Waals surface area contributed by atoms with Crippen molar-refractivity contribution >= 4 is 38.6 Å². The van der Waals surface area contributed by atoms with E-state index in [1.54, 1.807) is 30.6 Å². The molecule has 0 atom stereocenters. The van der Waals surface area contributed by atoms with E-state index in [1.807, 2.05) is 48.5 Å². The Morgan fingerprint density at radius 2 is 1.83 bits per heavy atom. The maximum Gasteiger partial charge on any atom is 0.300 e. The number of guanidine groups is 1. The summed E-state index contributed by atoms with van der Waals surface area (Å²) in [5, 5.41) is 9.76.